The van der Waals surface area contributed by atoms with Crippen molar-refractivity contribution in [1.82, 2.24) is 15.2 Å². The number of dihydropyridines is 1. The van der Waals surface area contributed by atoms with Gasteiger partial charge in [0.15, 0.2) is 5.76 Å². The molecule has 2 aliphatic rings. The summed E-state index contributed by atoms with van der Waals surface area (Å²) in [6, 6.07) is 6.41. The first-order valence-electron chi connectivity index (χ1n) is 11.0. The molecule has 0 bridgehead atoms. The van der Waals surface area contributed by atoms with Crippen molar-refractivity contribution in [2.75, 3.05) is 39.5 Å². The van der Waals surface area contributed by atoms with Gasteiger partial charge in [0.25, 0.3) is 5.85 Å². The third-order valence-electron chi connectivity index (χ3n) is 5.72. The van der Waals surface area contributed by atoms with Gasteiger partial charge in [-0.3, -0.25) is 15.6 Å². The van der Waals surface area contributed by atoms with Crippen LogP contribution in [0.4, 0.5) is 4.39 Å². The van der Waals surface area contributed by atoms with Crippen LogP contribution < -0.4 is 11.1 Å². The normalized spacial score (nSPS) is 21.9. The first-order valence-corrected chi connectivity index (χ1v) is 11.8. The summed E-state index contributed by atoms with van der Waals surface area (Å²) in [5, 5.41) is 3.32. The summed E-state index contributed by atoms with van der Waals surface area (Å²) < 4.78 is 31.8. The number of hydrogen-bond donors (Lipinski definition) is 2. The molecule has 10 heteroatoms. The van der Waals surface area contributed by atoms with Crippen molar-refractivity contribution in [2.24, 2.45) is 5.73 Å². The summed E-state index contributed by atoms with van der Waals surface area (Å²) in [5.74, 6) is -1.72. The molecule has 1 saturated heterocycles. The SMILES string of the molecule is CC(OC1=CC(c2cccnc2)=CNC1(N)OCCN1CCOCC1)c1c(Cl)ccc(F)c1Cl. The van der Waals surface area contributed by atoms with Gasteiger partial charge in [-0.1, -0.05) is 29.3 Å². The predicted octanol–water partition coefficient (Wildman–Crippen LogP) is 4.09. The van der Waals surface area contributed by atoms with Gasteiger partial charge >= 0.3 is 0 Å². The van der Waals surface area contributed by atoms with E-state index < -0.39 is 17.8 Å². The Morgan fingerprint density at radius 2 is 2.09 bits per heavy atom. The second-order valence-corrected chi connectivity index (χ2v) is 8.83. The van der Waals surface area contributed by atoms with E-state index in [4.69, 9.17) is 43.1 Å². The Hall–Kier alpha value is -2.20. The molecule has 34 heavy (non-hydrogen) atoms. The van der Waals surface area contributed by atoms with Crippen LogP contribution in [0.5, 0.6) is 0 Å². The quantitative estimate of drug-likeness (QED) is 0.410. The molecule has 0 amide bonds. The molecule has 2 atom stereocenters. The molecule has 0 spiro atoms. The number of aromatic nitrogens is 1. The van der Waals surface area contributed by atoms with E-state index in [0.717, 1.165) is 24.2 Å². The van der Waals surface area contributed by atoms with Gasteiger partial charge in [-0.05, 0) is 31.2 Å². The second kappa shape index (κ2) is 11.0. The van der Waals surface area contributed by atoms with E-state index in [0.29, 0.717) is 42.7 Å². The van der Waals surface area contributed by atoms with Gasteiger partial charge in [0.1, 0.15) is 11.9 Å². The van der Waals surface area contributed by atoms with Crippen molar-refractivity contribution in [3.8, 4) is 0 Å². The van der Waals surface area contributed by atoms with Crippen LogP contribution in [0.25, 0.3) is 5.57 Å². The van der Waals surface area contributed by atoms with Gasteiger partial charge in [-0.15, -0.1) is 0 Å². The number of morpholine rings is 1. The monoisotopic (exact) mass is 508 g/mol. The van der Waals surface area contributed by atoms with Crippen molar-refractivity contribution in [2.45, 2.75) is 18.9 Å². The maximum atomic E-state index is 14.1. The molecule has 4 rings (SSSR count). The highest BCUT2D eigenvalue weighted by Crippen LogP contribution is 2.37. The number of rotatable bonds is 8. The molecule has 182 valence electrons. The Labute approximate surface area is 208 Å². The fourth-order valence-electron chi connectivity index (χ4n) is 3.81. The minimum atomic E-state index is -1.45. The highest BCUT2D eigenvalue weighted by atomic mass is 35.5. The molecule has 1 fully saturated rings. The van der Waals surface area contributed by atoms with Gasteiger partial charge in [0, 0.05) is 60.0 Å². The standard InChI is InChI=1S/C24H27Cl2FN4O3/c1-16(22-19(25)4-5-20(27)23(22)26)34-21-13-18(17-3-2-6-29-14-17)15-30-24(21,28)33-12-9-31-7-10-32-11-8-31/h2-6,13-16,30H,7-12,28H2,1H3. The zero-order valence-corrected chi connectivity index (χ0v) is 20.3. The molecular weight excluding hydrogens is 482 g/mol. The Morgan fingerprint density at radius 3 is 2.82 bits per heavy atom. The molecule has 3 heterocycles. The smallest absolute Gasteiger partial charge is 0.253 e. The Balaban J connectivity index is 1.57. The molecule has 0 radical (unpaired) electrons. The highest BCUT2D eigenvalue weighted by molar-refractivity contribution is 6.36. The molecule has 0 saturated carbocycles. The van der Waals surface area contributed by atoms with Gasteiger partial charge in [0.2, 0.25) is 0 Å². The van der Waals surface area contributed by atoms with Crippen LogP contribution in [0.1, 0.15) is 24.2 Å². The van der Waals surface area contributed by atoms with E-state index in [-0.39, 0.29) is 5.02 Å². The van der Waals surface area contributed by atoms with Crippen molar-refractivity contribution in [1.29, 1.82) is 0 Å². The molecule has 7 nitrogen and oxygen atoms in total. The largest absolute Gasteiger partial charge is 0.484 e. The van der Waals surface area contributed by atoms with Crippen LogP contribution in [0, 0.1) is 5.82 Å². The maximum Gasteiger partial charge on any atom is 0.253 e. The van der Waals surface area contributed by atoms with Crippen LogP contribution >= 0.6 is 23.2 Å². The number of pyridine rings is 1. The summed E-state index contributed by atoms with van der Waals surface area (Å²) in [7, 11) is 0. The van der Waals surface area contributed by atoms with E-state index in [2.05, 4.69) is 15.2 Å². The number of nitrogens with two attached hydrogens (primary N) is 1. The molecule has 1 aromatic carbocycles. The first-order chi connectivity index (χ1) is 16.4. The van der Waals surface area contributed by atoms with Crippen LogP contribution in [0.2, 0.25) is 10.0 Å². The highest BCUT2D eigenvalue weighted by Gasteiger charge is 2.37. The van der Waals surface area contributed by atoms with Crippen LogP contribution in [0.3, 0.4) is 0 Å². The average molecular weight is 509 g/mol. The molecule has 1 aromatic heterocycles. The topological polar surface area (TPSA) is 81.9 Å². The number of nitrogens with zero attached hydrogens (tertiary/aromatic N) is 2. The minimum absolute atomic E-state index is 0.0942. The van der Waals surface area contributed by atoms with Crippen LogP contribution in [-0.2, 0) is 14.2 Å². The number of ether oxygens (including phenoxy) is 3. The number of benzene rings is 1. The van der Waals surface area contributed by atoms with Gasteiger partial charge in [0.05, 0.1) is 24.8 Å². The fourth-order valence-corrected chi connectivity index (χ4v) is 4.48. The number of halogens is 3. The summed E-state index contributed by atoms with van der Waals surface area (Å²) in [5.41, 5.74) is 8.61. The molecular formula is C24H27Cl2FN4O3. The summed E-state index contributed by atoms with van der Waals surface area (Å²) in [6.45, 7) is 5.85. The van der Waals surface area contributed by atoms with Crippen molar-refractivity contribution in [3.63, 3.8) is 0 Å². The third-order valence-corrected chi connectivity index (χ3v) is 6.43. The van der Waals surface area contributed by atoms with E-state index in [1.54, 1.807) is 31.6 Å². The maximum absolute atomic E-state index is 14.1. The number of nitrogens with one attached hydrogen (secondary N) is 1. The fraction of sp³-hybridized carbons (Fsp3) is 0.375. The second-order valence-electron chi connectivity index (χ2n) is 8.05. The van der Waals surface area contributed by atoms with Crippen molar-refractivity contribution in [3.05, 3.63) is 81.7 Å². The lowest BCUT2D eigenvalue weighted by Crippen LogP contribution is -2.58. The van der Waals surface area contributed by atoms with Crippen LogP contribution in [0.15, 0.2) is 54.7 Å². The molecule has 2 aliphatic heterocycles. The Morgan fingerprint density at radius 1 is 1.29 bits per heavy atom. The zero-order chi connectivity index (χ0) is 24.1. The summed E-state index contributed by atoms with van der Waals surface area (Å²) in [6.07, 6.45) is 6.25. The van der Waals surface area contributed by atoms with Crippen molar-refractivity contribution < 1.29 is 18.6 Å². The lowest BCUT2D eigenvalue weighted by atomic mass is 10.0. The first kappa shape index (κ1) is 24.9. The van der Waals surface area contributed by atoms with E-state index >= 15 is 0 Å². The van der Waals surface area contributed by atoms with Gasteiger partial charge < -0.3 is 19.5 Å². The van der Waals surface area contributed by atoms with Crippen LogP contribution in [-0.4, -0.2) is 55.2 Å². The lowest BCUT2D eigenvalue weighted by Gasteiger charge is -2.37. The predicted molar refractivity (Wildman–Crippen MR) is 129 cm³/mol. The number of allylic oxidation sites excluding steroid dienone is 2. The molecule has 2 aromatic rings. The van der Waals surface area contributed by atoms with Gasteiger partial charge in [-0.2, -0.15) is 0 Å². The van der Waals surface area contributed by atoms with Crippen molar-refractivity contribution >= 4 is 28.8 Å². The number of hydrogen-bond acceptors (Lipinski definition) is 7. The third kappa shape index (κ3) is 5.71. The minimum Gasteiger partial charge on any atom is -0.484 e. The summed E-state index contributed by atoms with van der Waals surface area (Å²) >= 11 is 12.5. The Kier molecular flexibility index (Phi) is 8.08. The molecule has 3 N–H and O–H groups in total. The summed E-state index contributed by atoms with van der Waals surface area (Å²) in [4.78, 5) is 6.41. The van der Waals surface area contributed by atoms with E-state index in [9.17, 15) is 4.39 Å². The molecule has 2 unspecified atom stereocenters. The average Bonchev–Trinajstić information content (AvgIpc) is 2.84. The van der Waals surface area contributed by atoms with E-state index in [1.807, 2.05) is 12.1 Å². The van der Waals surface area contributed by atoms with E-state index in [1.165, 1.54) is 12.1 Å². The molecule has 0 aliphatic carbocycles. The Bertz CT molecular complexity index is 1060. The lowest BCUT2D eigenvalue weighted by molar-refractivity contribution is -0.0867. The van der Waals surface area contributed by atoms with Gasteiger partial charge in [-0.25, -0.2) is 4.39 Å². The zero-order valence-electron chi connectivity index (χ0n) is 18.8.